The molecule has 0 aliphatic heterocycles. The zero-order valence-corrected chi connectivity index (χ0v) is 7.43. The molecular weight excluding hydrogens is 152 g/mol. The van der Waals surface area contributed by atoms with Crippen LogP contribution in [0.1, 0.15) is 32.6 Å². The van der Waals surface area contributed by atoms with E-state index in [4.69, 9.17) is 4.74 Å². The molecule has 1 rings (SSSR count). The molecule has 0 amide bonds. The quantitative estimate of drug-likeness (QED) is 0.602. The molecule has 0 aromatic heterocycles. The Hall–Kier alpha value is -1.05. The second-order valence-corrected chi connectivity index (χ2v) is 2.95. The van der Waals surface area contributed by atoms with E-state index in [1.807, 2.05) is 0 Å². The number of allylic oxidation sites excluding steroid dienone is 2. The smallest absolute Gasteiger partial charge is 0.159 e. The van der Waals surface area contributed by atoms with E-state index >= 15 is 0 Å². The molecule has 0 unspecified atom stereocenters. The third kappa shape index (κ3) is 1.97. The Labute approximate surface area is 72.9 Å². The van der Waals surface area contributed by atoms with Crippen LogP contribution < -0.4 is 0 Å². The Bertz CT molecular complexity index is 226. The summed E-state index contributed by atoms with van der Waals surface area (Å²) in [5.41, 5.74) is 0.848. The number of carbonyl (C=O) groups excluding carboxylic acids is 1. The van der Waals surface area contributed by atoms with E-state index in [2.05, 4.69) is 6.58 Å². The summed E-state index contributed by atoms with van der Waals surface area (Å²) in [6.45, 7) is 5.07. The largest absolute Gasteiger partial charge is 0.470 e. The van der Waals surface area contributed by atoms with Crippen molar-refractivity contribution < 1.29 is 9.53 Å². The van der Waals surface area contributed by atoms with E-state index in [1.54, 1.807) is 6.92 Å². The highest BCUT2D eigenvalue weighted by Crippen LogP contribution is 2.25. The van der Waals surface area contributed by atoms with Gasteiger partial charge in [0.2, 0.25) is 0 Å². The van der Waals surface area contributed by atoms with Gasteiger partial charge in [-0.1, -0.05) is 6.58 Å². The maximum Gasteiger partial charge on any atom is 0.159 e. The molecule has 0 N–H and O–H groups in total. The fraction of sp³-hybridized carbons (Fsp3) is 0.500. The highest BCUT2D eigenvalue weighted by Gasteiger charge is 2.16. The number of hydrogen-bond acceptors (Lipinski definition) is 2. The summed E-state index contributed by atoms with van der Waals surface area (Å²) >= 11 is 0. The van der Waals surface area contributed by atoms with Gasteiger partial charge >= 0.3 is 0 Å². The van der Waals surface area contributed by atoms with Gasteiger partial charge in [-0.2, -0.15) is 0 Å². The lowest BCUT2D eigenvalue weighted by Crippen LogP contribution is -2.07. The van der Waals surface area contributed by atoms with Gasteiger partial charge in [0.05, 0.1) is 6.26 Å². The van der Waals surface area contributed by atoms with E-state index in [1.165, 1.54) is 6.26 Å². The molecule has 0 spiro atoms. The van der Waals surface area contributed by atoms with Crippen LogP contribution in [0.25, 0.3) is 0 Å². The van der Waals surface area contributed by atoms with Crippen molar-refractivity contribution in [3.05, 3.63) is 24.2 Å². The number of rotatable bonds is 3. The Morgan fingerprint density at radius 3 is 2.75 bits per heavy atom. The minimum atomic E-state index is 0.131. The van der Waals surface area contributed by atoms with E-state index in [-0.39, 0.29) is 5.78 Å². The number of ketones is 1. The molecule has 0 radical (unpaired) electrons. The summed E-state index contributed by atoms with van der Waals surface area (Å²) in [7, 11) is 0. The van der Waals surface area contributed by atoms with Gasteiger partial charge in [-0.05, 0) is 26.2 Å². The van der Waals surface area contributed by atoms with Crippen molar-refractivity contribution in [3.8, 4) is 0 Å². The molecule has 1 aliphatic carbocycles. The Morgan fingerprint density at radius 1 is 1.50 bits per heavy atom. The van der Waals surface area contributed by atoms with Gasteiger partial charge in [0.25, 0.3) is 0 Å². The first-order chi connectivity index (χ1) is 5.75. The fourth-order valence-electron chi connectivity index (χ4n) is 1.48. The van der Waals surface area contributed by atoms with Crippen LogP contribution in [-0.2, 0) is 9.53 Å². The fourth-order valence-corrected chi connectivity index (χ4v) is 1.48. The third-order valence-corrected chi connectivity index (χ3v) is 2.07. The predicted octanol–water partition coefficient (Wildman–Crippen LogP) is 2.56. The number of ether oxygens (including phenoxy) is 1. The lowest BCUT2D eigenvalue weighted by atomic mass is 9.95. The van der Waals surface area contributed by atoms with Gasteiger partial charge in [-0.15, -0.1) is 0 Å². The average molecular weight is 166 g/mol. The highest BCUT2D eigenvalue weighted by molar-refractivity contribution is 5.93. The lowest BCUT2D eigenvalue weighted by Gasteiger charge is -2.16. The topological polar surface area (TPSA) is 26.3 Å². The minimum Gasteiger partial charge on any atom is -0.470 e. The van der Waals surface area contributed by atoms with Gasteiger partial charge in [0.15, 0.2) is 5.78 Å². The molecule has 1 aliphatic rings. The van der Waals surface area contributed by atoms with Crippen LogP contribution in [0.5, 0.6) is 0 Å². The van der Waals surface area contributed by atoms with Crippen LogP contribution >= 0.6 is 0 Å². The van der Waals surface area contributed by atoms with Crippen molar-refractivity contribution in [1.82, 2.24) is 0 Å². The molecule has 0 atom stereocenters. The molecule has 0 saturated carbocycles. The van der Waals surface area contributed by atoms with E-state index in [0.29, 0.717) is 0 Å². The summed E-state index contributed by atoms with van der Waals surface area (Å²) in [6, 6.07) is 0. The molecule has 0 aromatic carbocycles. The monoisotopic (exact) mass is 166 g/mol. The maximum absolute atomic E-state index is 11.1. The van der Waals surface area contributed by atoms with E-state index < -0.39 is 0 Å². The number of carbonyl (C=O) groups is 1. The van der Waals surface area contributed by atoms with Crippen LogP contribution in [0.2, 0.25) is 0 Å². The molecule has 2 heteroatoms. The van der Waals surface area contributed by atoms with Crippen molar-refractivity contribution in [3.63, 3.8) is 0 Å². The highest BCUT2D eigenvalue weighted by atomic mass is 16.5. The van der Waals surface area contributed by atoms with Crippen molar-refractivity contribution in [1.29, 1.82) is 0 Å². The predicted molar refractivity (Wildman–Crippen MR) is 47.5 cm³/mol. The molecule has 0 heterocycles. The third-order valence-electron chi connectivity index (χ3n) is 2.07. The first-order valence-electron chi connectivity index (χ1n) is 4.26. The summed E-state index contributed by atoms with van der Waals surface area (Å²) in [4.78, 5) is 11.1. The molecule has 12 heavy (non-hydrogen) atoms. The molecule has 0 fully saturated rings. The summed E-state index contributed by atoms with van der Waals surface area (Å²) < 4.78 is 5.18. The summed E-state index contributed by atoms with van der Waals surface area (Å²) in [5, 5.41) is 0. The molecule has 66 valence electrons. The maximum atomic E-state index is 11.1. The molecule has 0 bridgehead atoms. The summed E-state index contributed by atoms with van der Waals surface area (Å²) in [6.07, 6.45) is 5.34. The van der Waals surface area contributed by atoms with E-state index in [0.717, 1.165) is 37.0 Å². The Balaban J connectivity index is 2.82. The van der Waals surface area contributed by atoms with Crippen LogP contribution in [0.15, 0.2) is 24.2 Å². The Morgan fingerprint density at radius 2 is 2.17 bits per heavy atom. The second-order valence-electron chi connectivity index (χ2n) is 2.95. The van der Waals surface area contributed by atoms with Crippen LogP contribution in [0.3, 0.4) is 0 Å². The molecule has 0 saturated heterocycles. The minimum absolute atomic E-state index is 0.131. The standard InChI is InChI=1S/C10H14O2/c1-3-12-10-7-5-4-6-9(10)8(2)11/h3H,1,4-7H2,2H3. The van der Waals surface area contributed by atoms with Crippen LogP contribution in [0, 0.1) is 0 Å². The molecule has 0 aromatic rings. The van der Waals surface area contributed by atoms with Gasteiger partial charge < -0.3 is 4.74 Å². The normalized spacial score (nSPS) is 17.4. The van der Waals surface area contributed by atoms with Crippen molar-refractivity contribution in [2.75, 3.05) is 0 Å². The Kier molecular flexibility index (Phi) is 3.09. The first-order valence-corrected chi connectivity index (χ1v) is 4.26. The summed E-state index contributed by atoms with van der Waals surface area (Å²) in [5.74, 6) is 0.954. The van der Waals surface area contributed by atoms with Crippen molar-refractivity contribution >= 4 is 5.78 Å². The zero-order chi connectivity index (χ0) is 8.97. The number of hydrogen-bond donors (Lipinski definition) is 0. The molecular formula is C10H14O2. The first kappa shape index (κ1) is 9.04. The van der Waals surface area contributed by atoms with Crippen molar-refractivity contribution in [2.24, 2.45) is 0 Å². The van der Waals surface area contributed by atoms with Gasteiger partial charge in [-0.25, -0.2) is 0 Å². The second kappa shape index (κ2) is 4.10. The van der Waals surface area contributed by atoms with Gasteiger partial charge in [0.1, 0.15) is 5.76 Å². The van der Waals surface area contributed by atoms with Gasteiger partial charge in [-0.3, -0.25) is 4.79 Å². The lowest BCUT2D eigenvalue weighted by molar-refractivity contribution is -0.114. The molecule has 2 nitrogen and oxygen atoms in total. The average Bonchev–Trinajstić information content (AvgIpc) is 2.05. The SMILES string of the molecule is C=COC1=C(C(C)=O)CCCC1. The van der Waals surface area contributed by atoms with Crippen LogP contribution in [-0.4, -0.2) is 5.78 Å². The van der Waals surface area contributed by atoms with Crippen molar-refractivity contribution in [2.45, 2.75) is 32.6 Å². The van der Waals surface area contributed by atoms with Crippen LogP contribution in [0.4, 0.5) is 0 Å². The van der Waals surface area contributed by atoms with Gasteiger partial charge in [0, 0.05) is 12.0 Å². The van der Waals surface area contributed by atoms with E-state index in [9.17, 15) is 4.79 Å². The number of Topliss-reactive ketones (excluding diaryl/α,β-unsaturated/α-hetero) is 1. The zero-order valence-electron chi connectivity index (χ0n) is 7.43.